The fourth-order valence-corrected chi connectivity index (χ4v) is 3.26. The lowest BCUT2D eigenvalue weighted by atomic mass is 10.2. The Balaban J connectivity index is 1.86. The van der Waals surface area contributed by atoms with Crippen molar-refractivity contribution < 1.29 is 4.79 Å². The van der Waals surface area contributed by atoms with Crippen LogP contribution in [0.4, 0.5) is 5.13 Å². The molecule has 0 aliphatic carbocycles. The van der Waals surface area contributed by atoms with Gasteiger partial charge >= 0.3 is 0 Å². The van der Waals surface area contributed by atoms with Crippen LogP contribution in [0.25, 0.3) is 10.2 Å². The molecule has 20 heavy (non-hydrogen) atoms. The topological polar surface area (TPSA) is 42.0 Å². The first-order chi connectivity index (χ1) is 9.76. The van der Waals surface area contributed by atoms with Gasteiger partial charge < -0.3 is 0 Å². The lowest BCUT2D eigenvalue weighted by Gasteiger charge is -2.00. The molecule has 0 atom stereocenters. The van der Waals surface area contributed by atoms with Gasteiger partial charge in [0.25, 0.3) is 5.91 Å². The van der Waals surface area contributed by atoms with E-state index in [1.54, 1.807) is 23.9 Å². The van der Waals surface area contributed by atoms with Gasteiger partial charge in [0.2, 0.25) is 0 Å². The fraction of sp³-hybridized carbons (Fsp3) is 0.0667. The van der Waals surface area contributed by atoms with Crippen LogP contribution in [-0.4, -0.2) is 17.1 Å². The third kappa shape index (κ3) is 2.69. The van der Waals surface area contributed by atoms with Crippen molar-refractivity contribution in [1.29, 1.82) is 0 Å². The molecule has 0 unspecified atom stereocenters. The molecule has 1 N–H and O–H groups in total. The van der Waals surface area contributed by atoms with E-state index >= 15 is 0 Å². The summed E-state index contributed by atoms with van der Waals surface area (Å²) in [6.07, 6.45) is 2.04. The van der Waals surface area contributed by atoms with E-state index in [-0.39, 0.29) is 5.91 Å². The molecule has 100 valence electrons. The van der Waals surface area contributed by atoms with Gasteiger partial charge in [0, 0.05) is 10.5 Å². The Morgan fingerprint density at radius 3 is 2.75 bits per heavy atom. The van der Waals surface area contributed by atoms with Crippen molar-refractivity contribution in [3.63, 3.8) is 0 Å². The van der Waals surface area contributed by atoms with Gasteiger partial charge in [0.15, 0.2) is 5.13 Å². The Kier molecular flexibility index (Phi) is 3.71. The van der Waals surface area contributed by atoms with Crippen molar-refractivity contribution in [2.45, 2.75) is 4.90 Å². The standard InChI is InChI=1S/C15H12N2OS2/c1-19-11-7-8-12-13(9-11)20-15(16-12)17-14(18)10-5-3-2-4-6-10/h2-9H,1H3,(H,16,17,18). The van der Waals surface area contributed by atoms with Crippen LogP contribution in [0.3, 0.4) is 0 Å². The van der Waals surface area contributed by atoms with Crippen LogP contribution in [0.15, 0.2) is 53.4 Å². The fourth-order valence-electron chi connectivity index (χ4n) is 1.84. The summed E-state index contributed by atoms with van der Waals surface area (Å²) < 4.78 is 1.08. The molecule has 1 aromatic heterocycles. The highest BCUT2D eigenvalue weighted by Gasteiger charge is 2.09. The minimum absolute atomic E-state index is 0.130. The number of anilines is 1. The highest BCUT2D eigenvalue weighted by Crippen LogP contribution is 2.29. The summed E-state index contributed by atoms with van der Waals surface area (Å²) in [6.45, 7) is 0. The number of fused-ring (bicyclic) bond motifs is 1. The molecule has 0 saturated heterocycles. The van der Waals surface area contributed by atoms with Crippen molar-refractivity contribution in [1.82, 2.24) is 4.98 Å². The molecule has 0 radical (unpaired) electrons. The van der Waals surface area contributed by atoms with Crippen molar-refractivity contribution in [3.05, 3.63) is 54.1 Å². The van der Waals surface area contributed by atoms with Crippen LogP contribution in [0.2, 0.25) is 0 Å². The lowest BCUT2D eigenvalue weighted by molar-refractivity contribution is 0.102. The number of thioether (sulfide) groups is 1. The van der Waals surface area contributed by atoms with Gasteiger partial charge in [0.05, 0.1) is 10.2 Å². The Morgan fingerprint density at radius 2 is 2.00 bits per heavy atom. The van der Waals surface area contributed by atoms with E-state index < -0.39 is 0 Å². The first-order valence-electron chi connectivity index (χ1n) is 6.07. The van der Waals surface area contributed by atoms with E-state index in [9.17, 15) is 4.79 Å². The van der Waals surface area contributed by atoms with Crippen molar-refractivity contribution >= 4 is 44.4 Å². The summed E-state index contributed by atoms with van der Waals surface area (Å²) in [4.78, 5) is 17.7. The zero-order valence-electron chi connectivity index (χ0n) is 10.8. The zero-order chi connectivity index (χ0) is 13.9. The summed E-state index contributed by atoms with van der Waals surface area (Å²) in [7, 11) is 0. The molecule has 0 aliphatic heterocycles. The maximum absolute atomic E-state index is 12.1. The van der Waals surface area contributed by atoms with E-state index in [1.165, 1.54) is 16.2 Å². The van der Waals surface area contributed by atoms with Gasteiger partial charge in [-0.2, -0.15) is 0 Å². The molecule has 2 aromatic carbocycles. The van der Waals surface area contributed by atoms with Gasteiger partial charge in [0.1, 0.15) is 0 Å². The molecular weight excluding hydrogens is 288 g/mol. The molecule has 0 bridgehead atoms. The average molecular weight is 300 g/mol. The SMILES string of the molecule is CSc1ccc2nc(NC(=O)c3ccccc3)sc2c1. The van der Waals surface area contributed by atoms with Crippen LogP contribution >= 0.6 is 23.1 Å². The van der Waals surface area contributed by atoms with Crippen molar-refractivity contribution in [2.75, 3.05) is 11.6 Å². The molecule has 1 heterocycles. The number of thiazole rings is 1. The lowest BCUT2D eigenvalue weighted by Crippen LogP contribution is -2.11. The predicted octanol–water partition coefficient (Wildman–Crippen LogP) is 4.27. The van der Waals surface area contributed by atoms with Crippen LogP contribution in [0.5, 0.6) is 0 Å². The molecule has 0 aliphatic rings. The Morgan fingerprint density at radius 1 is 1.20 bits per heavy atom. The number of hydrogen-bond donors (Lipinski definition) is 1. The summed E-state index contributed by atoms with van der Waals surface area (Å²) in [6, 6.07) is 15.3. The second-order valence-corrected chi connectivity index (χ2v) is 6.08. The number of carbonyl (C=O) groups excluding carboxylic acids is 1. The number of nitrogens with zero attached hydrogens (tertiary/aromatic N) is 1. The minimum atomic E-state index is -0.130. The van der Waals surface area contributed by atoms with Gasteiger partial charge in [-0.1, -0.05) is 29.5 Å². The van der Waals surface area contributed by atoms with Crippen LogP contribution in [0.1, 0.15) is 10.4 Å². The normalized spacial score (nSPS) is 10.7. The highest BCUT2D eigenvalue weighted by atomic mass is 32.2. The molecular formula is C15H12N2OS2. The highest BCUT2D eigenvalue weighted by molar-refractivity contribution is 7.98. The monoisotopic (exact) mass is 300 g/mol. The van der Waals surface area contributed by atoms with Crippen LogP contribution < -0.4 is 5.32 Å². The Bertz CT molecular complexity index is 753. The third-order valence-electron chi connectivity index (χ3n) is 2.85. The molecule has 3 nitrogen and oxygen atoms in total. The quantitative estimate of drug-likeness (QED) is 0.734. The minimum Gasteiger partial charge on any atom is -0.298 e. The number of carbonyl (C=O) groups is 1. The van der Waals surface area contributed by atoms with E-state index in [0.717, 1.165) is 10.2 Å². The van der Waals surface area contributed by atoms with Gasteiger partial charge in [-0.3, -0.25) is 10.1 Å². The maximum Gasteiger partial charge on any atom is 0.257 e. The summed E-state index contributed by atoms with van der Waals surface area (Å²) >= 11 is 3.19. The van der Waals surface area contributed by atoms with Crippen LogP contribution in [0, 0.1) is 0 Å². The second kappa shape index (κ2) is 5.64. The zero-order valence-corrected chi connectivity index (χ0v) is 12.4. The number of aromatic nitrogens is 1. The van der Waals surface area contributed by atoms with Crippen LogP contribution in [-0.2, 0) is 0 Å². The summed E-state index contributed by atoms with van der Waals surface area (Å²) in [5.41, 5.74) is 1.55. The first kappa shape index (κ1) is 13.1. The van der Waals surface area contributed by atoms with Gasteiger partial charge in [-0.05, 0) is 36.6 Å². The predicted molar refractivity (Wildman–Crippen MR) is 85.8 cm³/mol. The number of rotatable bonds is 3. The number of amides is 1. The van der Waals surface area contributed by atoms with E-state index in [4.69, 9.17) is 0 Å². The van der Waals surface area contributed by atoms with E-state index in [2.05, 4.69) is 16.4 Å². The summed E-state index contributed by atoms with van der Waals surface area (Å²) in [5, 5.41) is 3.48. The van der Waals surface area contributed by atoms with Crippen molar-refractivity contribution in [2.24, 2.45) is 0 Å². The maximum atomic E-state index is 12.1. The number of benzene rings is 2. The smallest absolute Gasteiger partial charge is 0.257 e. The Labute approximate surface area is 125 Å². The third-order valence-corrected chi connectivity index (χ3v) is 4.51. The van der Waals surface area contributed by atoms with Crippen molar-refractivity contribution in [3.8, 4) is 0 Å². The second-order valence-electron chi connectivity index (χ2n) is 4.17. The number of hydrogen-bond acceptors (Lipinski definition) is 4. The molecule has 0 spiro atoms. The number of nitrogens with one attached hydrogen (secondary N) is 1. The van der Waals surface area contributed by atoms with E-state index in [1.807, 2.05) is 36.6 Å². The molecule has 5 heteroatoms. The molecule has 3 aromatic rings. The van der Waals surface area contributed by atoms with Gasteiger partial charge in [-0.15, -0.1) is 11.8 Å². The first-order valence-corrected chi connectivity index (χ1v) is 8.11. The van der Waals surface area contributed by atoms with E-state index in [0.29, 0.717) is 10.7 Å². The molecule has 1 amide bonds. The average Bonchev–Trinajstić information content (AvgIpc) is 2.89. The Hall–Kier alpha value is -1.85. The largest absolute Gasteiger partial charge is 0.298 e. The molecule has 0 fully saturated rings. The summed E-state index contributed by atoms with van der Waals surface area (Å²) in [5.74, 6) is -0.130. The molecule has 0 saturated carbocycles. The van der Waals surface area contributed by atoms with Gasteiger partial charge in [-0.25, -0.2) is 4.98 Å². The molecule has 3 rings (SSSR count).